The van der Waals surface area contributed by atoms with Crippen molar-refractivity contribution in [1.29, 1.82) is 0 Å². The van der Waals surface area contributed by atoms with Crippen LogP contribution in [-0.4, -0.2) is 18.2 Å². The van der Waals surface area contributed by atoms with Crippen molar-refractivity contribution in [2.75, 3.05) is 18.0 Å². The number of rotatable bonds is 7. The molecule has 17 heavy (non-hydrogen) atoms. The van der Waals surface area contributed by atoms with Crippen LogP contribution in [0.5, 0.6) is 0 Å². The Hall–Kier alpha value is -1.02. The molecule has 0 aliphatic carbocycles. The Morgan fingerprint density at radius 3 is 2.47 bits per heavy atom. The van der Waals surface area contributed by atoms with Gasteiger partial charge in [0.2, 0.25) is 0 Å². The predicted octanol–water partition coefficient (Wildman–Crippen LogP) is 3.76. The second-order valence-electron chi connectivity index (χ2n) is 4.42. The van der Waals surface area contributed by atoms with Crippen LogP contribution in [0.1, 0.15) is 51.7 Å². The Labute approximate surface area is 105 Å². The fourth-order valence-corrected chi connectivity index (χ4v) is 2.08. The van der Waals surface area contributed by atoms with Crippen molar-refractivity contribution in [1.82, 2.24) is 0 Å². The van der Waals surface area contributed by atoms with Crippen molar-refractivity contribution in [2.24, 2.45) is 0 Å². The Morgan fingerprint density at radius 1 is 1.18 bits per heavy atom. The Balaban J connectivity index is 2.93. The van der Waals surface area contributed by atoms with Crippen LogP contribution in [0.4, 0.5) is 5.69 Å². The summed E-state index contributed by atoms with van der Waals surface area (Å²) in [6.45, 7) is 8.46. The van der Waals surface area contributed by atoms with E-state index >= 15 is 0 Å². The van der Waals surface area contributed by atoms with Gasteiger partial charge in [0.15, 0.2) is 0 Å². The minimum atomic E-state index is -0.345. The zero-order valence-electron chi connectivity index (χ0n) is 11.3. The Bertz CT molecular complexity index is 324. The molecule has 1 rings (SSSR count). The summed E-state index contributed by atoms with van der Waals surface area (Å²) in [5, 5.41) is 10.1. The predicted molar refractivity (Wildman–Crippen MR) is 74.5 cm³/mol. The van der Waals surface area contributed by atoms with Crippen LogP contribution in [0.25, 0.3) is 0 Å². The van der Waals surface area contributed by atoms with E-state index in [0.29, 0.717) is 0 Å². The second kappa shape index (κ2) is 7.33. The molecule has 1 N–H and O–H groups in total. The van der Waals surface area contributed by atoms with Gasteiger partial charge in [-0.2, -0.15) is 0 Å². The molecular formula is C15H25NO. The van der Waals surface area contributed by atoms with Crippen LogP contribution in [0.15, 0.2) is 24.3 Å². The third kappa shape index (κ3) is 3.74. The smallest absolute Gasteiger partial charge is 0.0807 e. The molecule has 96 valence electrons. The van der Waals surface area contributed by atoms with E-state index in [1.165, 1.54) is 18.5 Å². The lowest BCUT2D eigenvalue weighted by atomic mass is 10.0. The first-order chi connectivity index (χ1) is 8.24. The number of hydrogen-bond donors (Lipinski definition) is 1. The van der Waals surface area contributed by atoms with Crippen molar-refractivity contribution in [2.45, 2.75) is 46.1 Å². The van der Waals surface area contributed by atoms with Crippen LogP contribution >= 0.6 is 0 Å². The highest BCUT2D eigenvalue weighted by atomic mass is 16.3. The van der Waals surface area contributed by atoms with Crippen LogP contribution in [0.3, 0.4) is 0 Å². The van der Waals surface area contributed by atoms with Crippen molar-refractivity contribution >= 4 is 5.69 Å². The first-order valence-electron chi connectivity index (χ1n) is 6.76. The molecule has 2 nitrogen and oxygen atoms in total. The van der Waals surface area contributed by atoms with E-state index in [0.717, 1.165) is 25.1 Å². The SMILES string of the molecule is CCCCN(CC)c1ccccc1[C@H](O)CC. The Morgan fingerprint density at radius 2 is 1.88 bits per heavy atom. The van der Waals surface area contributed by atoms with Gasteiger partial charge < -0.3 is 10.0 Å². The number of benzene rings is 1. The first kappa shape index (κ1) is 14.0. The van der Waals surface area contributed by atoms with Crippen LogP contribution in [0, 0.1) is 0 Å². The molecule has 0 aliphatic rings. The standard InChI is InChI=1S/C15H25NO/c1-4-7-12-16(6-3)14-11-9-8-10-13(14)15(17)5-2/h8-11,15,17H,4-7,12H2,1-3H3/t15-/m1/s1. The summed E-state index contributed by atoms with van der Waals surface area (Å²) in [4.78, 5) is 2.36. The summed E-state index contributed by atoms with van der Waals surface area (Å²) in [5.74, 6) is 0. The lowest BCUT2D eigenvalue weighted by molar-refractivity contribution is 0.174. The third-order valence-corrected chi connectivity index (χ3v) is 3.19. The highest BCUT2D eigenvalue weighted by Gasteiger charge is 2.13. The number of aliphatic hydroxyl groups is 1. The van der Waals surface area contributed by atoms with Gasteiger partial charge in [-0.05, 0) is 25.8 Å². The van der Waals surface area contributed by atoms with E-state index < -0.39 is 0 Å². The molecule has 0 bridgehead atoms. The number of aliphatic hydroxyl groups excluding tert-OH is 1. The van der Waals surface area contributed by atoms with Gasteiger partial charge in [-0.25, -0.2) is 0 Å². The van der Waals surface area contributed by atoms with Gasteiger partial charge in [-0.3, -0.25) is 0 Å². The summed E-state index contributed by atoms with van der Waals surface area (Å²) < 4.78 is 0. The quantitative estimate of drug-likeness (QED) is 0.778. The first-order valence-corrected chi connectivity index (χ1v) is 6.76. The summed E-state index contributed by atoms with van der Waals surface area (Å²) in [5.41, 5.74) is 2.26. The van der Waals surface area contributed by atoms with Gasteiger partial charge in [0, 0.05) is 24.3 Å². The zero-order chi connectivity index (χ0) is 12.7. The van der Waals surface area contributed by atoms with Gasteiger partial charge in [-0.15, -0.1) is 0 Å². The van der Waals surface area contributed by atoms with Crippen molar-refractivity contribution < 1.29 is 5.11 Å². The van der Waals surface area contributed by atoms with Gasteiger partial charge in [0.1, 0.15) is 0 Å². The lowest BCUT2D eigenvalue weighted by Gasteiger charge is -2.27. The monoisotopic (exact) mass is 235 g/mol. The zero-order valence-corrected chi connectivity index (χ0v) is 11.3. The van der Waals surface area contributed by atoms with E-state index in [-0.39, 0.29) is 6.10 Å². The molecule has 0 saturated heterocycles. The maximum atomic E-state index is 10.1. The average molecular weight is 235 g/mol. The molecule has 0 unspecified atom stereocenters. The van der Waals surface area contributed by atoms with E-state index in [1.54, 1.807) is 0 Å². The van der Waals surface area contributed by atoms with Crippen molar-refractivity contribution in [3.05, 3.63) is 29.8 Å². The molecule has 0 aromatic heterocycles. The van der Waals surface area contributed by atoms with E-state index in [9.17, 15) is 5.11 Å². The fourth-order valence-electron chi connectivity index (χ4n) is 2.08. The van der Waals surface area contributed by atoms with E-state index in [2.05, 4.69) is 30.9 Å². The minimum absolute atomic E-state index is 0.345. The molecule has 0 fully saturated rings. The van der Waals surface area contributed by atoms with Gasteiger partial charge in [-0.1, -0.05) is 38.5 Å². The highest BCUT2D eigenvalue weighted by molar-refractivity contribution is 5.54. The highest BCUT2D eigenvalue weighted by Crippen LogP contribution is 2.28. The van der Waals surface area contributed by atoms with Gasteiger partial charge in [0.25, 0.3) is 0 Å². The van der Waals surface area contributed by atoms with Gasteiger partial charge in [0.05, 0.1) is 6.10 Å². The van der Waals surface area contributed by atoms with E-state index in [1.807, 2.05) is 19.1 Å². The summed E-state index contributed by atoms with van der Waals surface area (Å²) >= 11 is 0. The second-order valence-corrected chi connectivity index (χ2v) is 4.42. The molecule has 0 heterocycles. The normalized spacial score (nSPS) is 12.5. The average Bonchev–Trinajstić information content (AvgIpc) is 2.39. The van der Waals surface area contributed by atoms with E-state index in [4.69, 9.17) is 0 Å². The summed E-state index contributed by atoms with van der Waals surface area (Å²) in [6.07, 6.45) is 2.82. The maximum absolute atomic E-state index is 10.1. The third-order valence-electron chi connectivity index (χ3n) is 3.19. The van der Waals surface area contributed by atoms with Crippen LogP contribution in [0.2, 0.25) is 0 Å². The molecular weight excluding hydrogens is 210 g/mol. The van der Waals surface area contributed by atoms with Crippen LogP contribution in [-0.2, 0) is 0 Å². The lowest BCUT2D eigenvalue weighted by Crippen LogP contribution is -2.25. The topological polar surface area (TPSA) is 23.5 Å². The Kier molecular flexibility index (Phi) is 6.06. The number of anilines is 1. The largest absolute Gasteiger partial charge is 0.388 e. The number of para-hydroxylation sites is 1. The van der Waals surface area contributed by atoms with Crippen molar-refractivity contribution in [3.63, 3.8) is 0 Å². The fraction of sp³-hybridized carbons (Fsp3) is 0.600. The minimum Gasteiger partial charge on any atom is -0.388 e. The number of nitrogens with zero attached hydrogens (tertiary/aromatic N) is 1. The van der Waals surface area contributed by atoms with Crippen LogP contribution < -0.4 is 4.90 Å². The summed E-state index contributed by atoms with van der Waals surface area (Å²) in [7, 11) is 0. The molecule has 0 saturated carbocycles. The molecule has 1 atom stereocenters. The molecule has 1 aromatic rings. The molecule has 0 amide bonds. The molecule has 2 heteroatoms. The molecule has 1 aromatic carbocycles. The van der Waals surface area contributed by atoms with Crippen molar-refractivity contribution in [3.8, 4) is 0 Å². The van der Waals surface area contributed by atoms with Gasteiger partial charge >= 0.3 is 0 Å². The number of unbranched alkanes of at least 4 members (excludes halogenated alkanes) is 1. The molecule has 0 radical (unpaired) electrons. The molecule has 0 spiro atoms. The maximum Gasteiger partial charge on any atom is 0.0807 e. The molecule has 0 aliphatic heterocycles. The number of hydrogen-bond acceptors (Lipinski definition) is 2. The summed E-state index contributed by atoms with van der Waals surface area (Å²) in [6, 6.07) is 8.21.